The van der Waals surface area contributed by atoms with Crippen molar-refractivity contribution in [3.63, 3.8) is 0 Å². The van der Waals surface area contributed by atoms with Gasteiger partial charge in [-0.25, -0.2) is 0 Å². The number of rotatable bonds is 4. The standard InChI is InChI=1S/C12H17BrN2O2/c1-16-5-2-12-11(13)8-10(9-14-12)15-3-6-17-7-4-15/h8-9H,2-7H2,1H3. The van der Waals surface area contributed by atoms with Crippen LogP contribution in [0, 0.1) is 0 Å². The van der Waals surface area contributed by atoms with Crippen LogP contribution in [0.1, 0.15) is 5.69 Å². The first-order valence-electron chi connectivity index (χ1n) is 5.77. The van der Waals surface area contributed by atoms with Crippen LogP contribution in [0.5, 0.6) is 0 Å². The van der Waals surface area contributed by atoms with Crippen LogP contribution in [0.25, 0.3) is 0 Å². The van der Waals surface area contributed by atoms with Gasteiger partial charge in [0, 0.05) is 31.1 Å². The first kappa shape index (κ1) is 12.8. The molecule has 0 amide bonds. The van der Waals surface area contributed by atoms with E-state index < -0.39 is 0 Å². The Morgan fingerprint density at radius 3 is 2.88 bits per heavy atom. The van der Waals surface area contributed by atoms with Crippen molar-refractivity contribution in [2.45, 2.75) is 6.42 Å². The largest absolute Gasteiger partial charge is 0.384 e. The molecule has 0 aromatic carbocycles. The Bertz CT molecular complexity index is 368. The molecule has 0 radical (unpaired) electrons. The van der Waals surface area contributed by atoms with E-state index in [1.165, 1.54) is 0 Å². The highest BCUT2D eigenvalue weighted by atomic mass is 79.9. The van der Waals surface area contributed by atoms with Gasteiger partial charge in [0.1, 0.15) is 0 Å². The Hall–Kier alpha value is -0.650. The molecule has 0 atom stereocenters. The average molecular weight is 301 g/mol. The van der Waals surface area contributed by atoms with Crippen LogP contribution >= 0.6 is 15.9 Å². The predicted molar refractivity (Wildman–Crippen MR) is 70.5 cm³/mol. The maximum Gasteiger partial charge on any atom is 0.0642 e. The average Bonchev–Trinajstić information content (AvgIpc) is 2.38. The summed E-state index contributed by atoms with van der Waals surface area (Å²) in [5.41, 5.74) is 2.20. The van der Waals surface area contributed by atoms with Gasteiger partial charge in [0.2, 0.25) is 0 Å². The van der Waals surface area contributed by atoms with Crippen LogP contribution in [0.4, 0.5) is 5.69 Å². The monoisotopic (exact) mass is 300 g/mol. The fourth-order valence-corrected chi connectivity index (χ4v) is 2.37. The molecule has 0 aliphatic carbocycles. The third-order valence-electron chi connectivity index (χ3n) is 2.82. The summed E-state index contributed by atoms with van der Waals surface area (Å²) in [5.74, 6) is 0. The van der Waals surface area contributed by atoms with Crippen LogP contribution < -0.4 is 4.90 Å². The van der Waals surface area contributed by atoms with E-state index in [2.05, 4.69) is 31.9 Å². The lowest BCUT2D eigenvalue weighted by molar-refractivity contribution is 0.122. The highest BCUT2D eigenvalue weighted by molar-refractivity contribution is 9.10. The minimum absolute atomic E-state index is 0.697. The van der Waals surface area contributed by atoms with Crippen molar-refractivity contribution < 1.29 is 9.47 Å². The molecule has 1 aliphatic rings. The Kier molecular flexibility index (Phi) is 4.76. The van der Waals surface area contributed by atoms with Crippen molar-refractivity contribution in [2.24, 2.45) is 0 Å². The molecule has 0 N–H and O–H groups in total. The first-order chi connectivity index (χ1) is 8.31. The molecule has 0 saturated carbocycles. The van der Waals surface area contributed by atoms with Gasteiger partial charge in [-0.2, -0.15) is 0 Å². The molecular weight excluding hydrogens is 284 g/mol. The van der Waals surface area contributed by atoms with Gasteiger partial charge in [-0.05, 0) is 22.0 Å². The van der Waals surface area contributed by atoms with E-state index in [9.17, 15) is 0 Å². The molecule has 94 valence electrons. The van der Waals surface area contributed by atoms with E-state index in [1.54, 1.807) is 7.11 Å². The van der Waals surface area contributed by atoms with Crippen LogP contribution in [0.3, 0.4) is 0 Å². The molecule has 1 fully saturated rings. The van der Waals surface area contributed by atoms with Gasteiger partial charge in [0.05, 0.1) is 37.4 Å². The van der Waals surface area contributed by atoms with Gasteiger partial charge in [0.15, 0.2) is 0 Å². The van der Waals surface area contributed by atoms with Gasteiger partial charge in [-0.1, -0.05) is 0 Å². The Labute approximate surface area is 110 Å². The second kappa shape index (κ2) is 6.33. The van der Waals surface area contributed by atoms with Crippen LogP contribution in [-0.2, 0) is 15.9 Å². The predicted octanol–water partition coefficient (Wildman–Crippen LogP) is 1.87. The fraction of sp³-hybridized carbons (Fsp3) is 0.583. The van der Waals surface area contributed by atoms with E-state index in [0.717, 1.165) is 48.6 Å². The smallest absolute Gasteiger partial charge is 0.0642 e. The number of morpholine rings is 1. The highest BCUT2D eigenvalue weighted by Crippen LogP contribution is 2.23. The quantitative estimate of drug-likeness (QED) is 0.850. The van der Waals surface area contributed by atoms with Gasteiger partial charge in [-0.15, -0.1) is 0 Å². The van der Waals surface area contributed by atoms with Crippen molar-refractivity contribution in [1.29, 1.82) is 0 Å². The Balaban J connectivity index is 2.06. The van der Waals surface area contributed by atoms with Crippen LogP contribution in [0.15, 0.2) is 16.7 Å². The normalized spacial score (nSPS) is 16.2. The first-order valence-corrected chi connectivity index (χ1v) is 6.56. The number of pyridine rings is 1. The Morgan fingerprint density at radius 1 is 1.47 bits per heavy atom. The summed E-state index contributed by atoms with van der Waals surface area (Å²) >= 11 is 3.57. The maximum absolute atomic E-state index is 5.34. The maximum atomic E-state index is 5.34. The molecule has 4 nitrogen and oxygen atoms in total. The summed E-state index contributed by atoms with van der Waals surface area (Å²) in [6.07, 6.45) is 2.77. The zero-order chi connectivity index (χ0) is 12.1. The van der Waals surface area contributed by atoms with Crippen molar-refractivity contribution in [3.05, 3.63) is 22.4 Å². The number of halogens is 1. The van der Waals surface area contributed by atoms with Crippen molar-refractivity contribution in [1.82, 2.24) is 4.98 Å². The minimum atomic E-state index is 0.697. The lowest BCUT2D eigenvalue weighted by atomic mass is 10.2. The molecular formula is C12H17BrN2O2. The van der Waals surface area contributed by atoms with Gasteiger partial charge in [0.25, 0.3) is 0 Å². The number of hydrogen-bond acceptors (Lipinski definition) is 4. The second-order valence-electron chi connectivity index (χ2n) is 3.96. The van der Waals surface area contributed by atoms with E-state index in [1.807, 2.05) is 6.20 Å². The summed E-state index contributed by atoms with van der Waals surface area (Å²) in [5, 5.41) is 0. The third-order valence-corrected chi connectivity index (χ3v) is 3.51. The summed E-state index contributed by atoms with van der Waals surface area (Å²) < 4.78 is 11.5. The van der Waals surface area contributed by atoms with Crippen LogP contribution in [-0.4, -0.2) is 45.0 Å². The van der Waals surface area contributed by atoms with Crippen molar-refractivity contribution in [2.75, 3.05) is 44.9 Å². The summed E-state index contributed by atoms with van der Waals surface area (Å²) in [7, 11) is 1.70. The molecule has 1 aromatic rings. The molecule has 1 saturated heterocycles. The Morgan fingerprint density at radius 2 is 2.24 bits per heavy atom. The summed E-state index contributed by atoms with van der Waals surface area (Å²) in [4.78, 5) is 6.77. The molecule has 1 aliphatic heterocycles. The lowest BCUT2D eigenvalue weighted by Gasteiger charge is -2.28. The molecule has 2 heterocycles. The lowest BCUT2D eigenvalue weighted by Crippen LogP contribution is -2.36. The van der Waals surface area contributed by atoms with E-state index in [4.69, 9.17) is 9.47 Å². The number of methoxy groups -OCH3 is 1. The van der Waals surface area contributed by atoms with Crippen molar-refractivity contribution >= 4 is 21.6 Å². The SMILES string of the molecule is COCCc1ncc(N2CCOCC2)cc1Br. The molecule has 0 bridgehead atoms. The van der Waals surface area contributed by atoms with Gasteiger partial charge >= 0.3 is 0 Å². The van der Waals surface area contributed by atoms with E-state index in [-0.39, 0.29) is 0 Å². The molecule has 2 rings (SSSR count). The molecule has 1 aromatic heterocycles. The topological polar surface area (TPSA) is 34.6 Å². The third kappa shape index (κ3) is 3.40. The number of nitrogens with zero attached hydrogens (tertiary/aromatic N) is 2. The number of aromatic nitrogens is 1. The molecule has 5 heteroatoms. The number of ether oxygens (including phenoxy) is 2. The zero-order valence-electron chi connectivity index (χ0n) is 9.99. The summed E-state index contributed by atoms with van der Waals surface area (Å²) in [6, 6.07) is 2.13. The van der Waals surface area contributed by atoms with Gasteiger partial charge < -0.3 is 14.4 Å². The van der Waals surface area contributed by atoms with Crippen LogP contribution in [0.2, 0.25) is 0 Å². The zero-order valence-corrected chi connectivity index (χ0v) is 11.6. The second-order valence-corrected chi connectivity index (χ2v) is 4.82. The highest BCUT2D eigenvalue weighted by Gasteiger charge is 2.13. The van der Waals surface area contributed by atoms with Gasteiger partial charge in [-0.3, -0.25) is 4.98 Å². The molecule has 17 heavy (non-hydrogen) atoms. The number of hydrogen-bond donors (Lipinski definition) is 0. The fourth-order valence-electron chi connectivity index (χ4n) is 1.83. The van der Waals surface area contributed by atoms with E-state index in [0.29, 0.717) is 6.61 Å². The van der Waals surface area contributed by atoms with Crippen molar-refractivity contribution in [3.8, 4) is 0 Å². The molecule has 0 unspecified atom stereocenters. The summed E-state index contributed by atoms with van der Waals surface area (Å²) in [6.45, 7) is 4.16. The number of anilines is 1. The van der Waals surface area contributed by atoms with E-state index >= 15 is 0 Å². The minimum Gasteiger partial charge on any atom is -0.384 e. The molecule has 0 spiro atoms.